The molecule has 2 heterocycles. The van der Waals surface area contributed by atoms with Crippen LogP contribution in [0.5, 0.6) is 11.6 Å². The monoisotopic (exact) mass is 447 g/mol. The number of benzene rings is 1. The van der Waals surface area contributed by atoms with Crippen molar-refractivity contribution in [2.45, 2.75) is 38.7 Å². The normalized spacial score (nSPS) is 14.8. The van der Waals surface area contributed by atoms with E-state index >= 15 is 0 Å². The molecule has 0 spiro atoms. The van der Waals surface area contributed by atoms with Gasteiger partial charge in [-0.15, -0.1) is 0 Å². The first kappa shape index (κ1) is 22.9. The third kappa shape index (κ3) is 6.58. The van der Waals surface area contributed by atoms with Gasteiger partial charge in [0, 0.05) is 38.4 Å². The van der Waals surface area contributed by atoms with Gasteiger partial charge in [0.1, 0.15) is 11.9 Å². The number of piperidine rings is 1. The van der Waals surface area contributed by atoms with Crippen molar-refractivity contribution in [1.82, 2.24) is 9.88 Å². The lowest BCUT2D eigenvalue weighted by Gasteiger charge is -2.32. The van der Waals surface area contributed by atoms with Crippen LogP contribution < -0.4 is 14.2 Å². The molecule has 0 aliphatic carbocycles. The number of sulfonamides is 1. The van der Waals surface area contributed by atoms with E-state index in [1.165, 1.54) is 6.20 Å². The number of hydrogen-bond acceptors (Lipinski definition) is 6. The van der Waals surface area contributed by atoms with E-state index < -0.39 is 10.0 Å². The molecule has 0 saturated carbocycles. The molecule has 8 nitrogen and oxygen atoms in total. The Morgan fingerprint density at radius 3 is 2.58 bits per heavy atom. The van der Waals surface area contributed by atoms with Crippen LogP contribution in [-0.4, -0.2) is 56.3 Å². The van der Waals surface area contributed by atoms with Crippen molar-refractivity contribution in [3.8, 4) is 11.6 Å². The Kier molecular flexibility index (Phi) is 7.73. The number of nitrogens with one attached hydrogen (secondary N) is 1. The summed E-state index contributed by atoms with van der Waals surface area (Å²) in [5, 5.41) is 0. The van der Waals surface area contributed by atoms with Gasteiger partial charge in [-0.3, -0.25) is 9.52 Å². The summed E-state index contributed by atoms with van der Waals surface area (Å²) in [5.74, 6) is 1.39. The van der Waals surface area contributed by atoms with Crippen LogP contribution in [0.15, 0.2) is 42.6 Å². The molecule has 1 aliphatic rings. The Bertz CT molecular complexity index is 971. The summed E-state index contributed by atoms with van der Waals surface area (Å²) >= 11 is 0. The van der Waals surface area contributed by atoms with E-state index in [1.54, 1.807) is 26.2 Å². The molecule has 0 atom stereocenters. The first-order valence-electron chi connectivity index (χ1n) is 10.4. The summed E-state index contributed by atoms with van der Waals surface area (Å²) in [4.78, 5) is 18.7. The summed E-state index contributed by atoms with van der Waals surface area (Å²) in [5.41, 5.74) is 1.44. The molecule has 1 fully saturated rings. The topological polar surface area (TPSA) is 97.8 Å². The third-order valence-electron chi connectivity index (χ3n) is 5.27. The Balaban J connectivity index is 1.44. The van der Waals surface area contributed by atoms with E-state index in [4.69, 9.17) is 9.47 Å². The minimum absolute atomic E-state index is 0.00143. The maximum atomic E-state index is 12.6. The SMILES string of the molecule is CCS(=O)(=O)Nc1ccc(OC2CCN(C(=O)CCc3ccccc3OC)CC2)nc1. The summed E-state index contributed by atoms with van der Waals surface area (Å²) < 4.78 is 36.9. The molecule has 2 aromatic rings. The van der Waals surface area contributed by atoms with Crippen LogP contribution in [-0.2, 0) is 21.2 Å². The number of amides is 1. The fourth-order valence-electron chi connectivity index (χ4n) is 3.47. The summed E-state index contributed by atoms with van der Waals surface area (Å²) in [6.45, 7) is 2.86. The van der Waals surface area contributed by atoms with Crippen molar-refractivity contribution in [2.75, 3.05) is 30.7 Å². The van der Waals surface area contributed by atoms with Gasteiger partial charge in [0.15, 0.2) is 0 Å². The number of rotatable bonds is 9. The number of methoxy groups -OCH3 is 1. The van der Waals surface area contributed by atoms with Crippen molar-refractivity contribution in [1.29, 1.82) is 0 Å². The molecule has 1 aliphatic heterocycles. The smallest absolute Gasteiger partial charge is 0.232 e. The predicted octanol–water partition coefficient (Wildman–Crippen LogP) is 2.85. The van der Waals surface area contributed by atoms with Gasteiger partial charge in [0.2, 0.25) is 21.8 Å². The lowest BCUT2D eigenvalue weighted by atomic mass is 10.0. The van der Waals surface area contributed by atoms with Crippen LogP contribution >= 0.6 is 0 Å². The largest absolute Gasteiger partial charge is 0.496 e. The highest BCUT2D eigenvalue weighted by Gasteiger charge is 2.24. The number of hydrogen-bond donors (Lipinski definition) is 1. The number of aryl methyl sites for hydroxylation is 1. The second-order valence-corrected chi connectivity index (χ2v) is 9.41. The van der Waals surface area contributed by atoms with Crippen LogP contribution in [0.4, 0.5) is 5.69 Å². The van der Waals surface area contributed by atoms with Crippen LogP contribution in [0.2, 0.25) is 0 Å². The number of anilines is 1. The molecule has 3 rings (SSSR count). The van der Waals surface area contributed by atoms with Crippen LogP contribution in [0.1, 0.15) is 31.7 Å². The molecular weight excluding hydrogens is 418 g/mol. The van der Waals surface area contributed by atoms with Gasteiger partial charge in [0.05, 0.1) is 24.7 Å². The molecule has 1 amide bonds. The first-order valence-corrected chi connectivity index (χ1v) is 12.1. The molecule has 0 unspecified atom stereocenters. The number of aromatic nitrogens is 1. The third-order valence-corrected chi connectivity index (χ3v) is 6.58. The molecule has 31 heavy (non-hydrogen) atoms. The van der Waals surface area contributed by atoms with E-state index in [2.05, 4.69) is 9.71 Å². The molecule has 9 heteroatoms. The zero-order chi connectivity index (χ0) is 22.3. The Morgan fingerprint density at radius 1 is 1.19 bits per heavy atom. The molecule has 1 aromatic heterocycles. The highest BCUT2D eigenvalue weighted by Crippen LogP contribution is 2.22. The zero-order valence-electron chi connectivity index (χ0n) is 17.9. The predicted molar refractivity (Wildman–Crippen MR) is 119 cm³/mol. The molecule has 0 radical (unpaired) electrons. The van der Waals surface area contributed by atoms with Gasteiger partial charge in [-0.05, 0) is 31.0 Å². The number of carbonyl (C=O) groups excluding carboxylic acids is 1. The van der Waals surface area contributed by atoms with Gasteiger partial charge in [-0.1, -0.05) is 18.2 Å². The maximum Gasteiger partial charge on any atom is 0.232 e. The molecular formula is C22H29N3O5S. The van der Waals surface area contributed by atoms with Crippen LogP contribution in [0.25, 0.3) is 0 Å². The molecule has 0 bridgehead atoms. The standard InChI is InChI=1S/C22H29N3O5S/c1-3-31(27,28)24-18-9-10-21(23-16-18)30-19-12-14-25(15-13-19)22(26)11-8-17-6-4-5-7-20(17)29-2/h4-7,9-10,16,19,24H,3,8,11-15H2,1-2H3. The van der Waals surface area contributed by atoms with Gasteiger partial charge in [-0.25, -0.2) is 13.4 Å². The second-order valence-electron chi connectivity index (χ2n) is 7.40. The molecule has 1 aromatic carbocycles. The van der Waals surface area contributed by atoms with Gasteiger partial charge in [0.25, 0.3) is 0 Å². The van der Waals surface area contributed by atoms with Gasteiger partial charge in [-0.2, -0.15) is 0 Å². The van der Waals surface area contributed by atoms with Crippen molar-refractivity contribution >= 4 is 21.6 Å². The van der Waals surface area contributed by atoms with E-state index in [0.29, 0.717) is 37.5 Å². The highest BCUT2D eigenvalue weighted by molar-refractivity contribution is 7.92. The van der Waals surface area contributed by atoms with Gasteiger partial charge >= 0.3 is 0 Å². The maximum absolute atomic E-state index is 12.6. The van der Waals surface area contributed by atoms with E-state index in [-0.39, 0.29) is 17.8 Å². The molecule has 1 saturated heterocycles. The average Bonchev–Trinajstić information content (AvgIpc) is 2.79. The summed E-state index contributed by atoms with van der Waals surface area (Å²) in [7, 11) is -1.69. The lowest BCUT2D eigenvalue weighted by molar-refractivity contribution is -0.132. The van der Waals surface area contributed by atoms with Gasteiger partial charge < -0.3 is 14.4 Å². The number of nitrogens with zero attached hydrogens (tertiary/aromatic N) is 2. The van der Waals surface area contributed by atoms with E-state index in [1.807, 2.05) is 29.2 Å². The number of likely N-dealkylation sites (tertiary alicyclic amines) is 1. The second kappa shape index (κ2) is 10.5. The zero-order valence-corrected chi connectivity index (χ0v) is 18.7. The molecule has 168 valence electrons. The van der Waals surface area contributed by atoms with Crippen LogP contribution in [0, 0.1) is 0 Å². The van der Waals surface area contributed by atoms with E-state index in [0.717, 1.165) is 24.2 Å². The minimum atomic E-state index is -3.33. The quantitative estimate of drug-likeness (QED) is 0.635. The summed E-state index contributed by atoms with van der Waals surface area (Å²) in [6.07, 6.45) is 3.97. The van der Waals surface area contributed by atoms with Crippen LogP contribution in [0.3, 0.4) is 0 Å². The van der Waals surface area contributed by atoms with Crippen molar-refractivity contribution in [2.24, 2.45) is 0 Å². The van der Waals surface area contributed by atoms with Crippen molar-refractivity contribution in [3.05, 3.63) is 48.2 Å². The van der Waals surface area contributed by atoms with Crippen molar-refractivity contribution in [3.63, 3.8) is 0 Å². The Hall–Kier alpha value is -2.81. The number of carbonyl (C=O) groups is 1. The Labute approximate surface area is 183 Å². The Morgan fingerprint density at radius 2 is 1.94 bits per heavy atom. The lowest BCUT2D eigenvalue weighted by Crippen LogP contribution is -2.41. The highest BCUT2D eigenvalue weighted by atomic mass is 32.2. The number of ether oxygens (including phenoxy) is 2. The fraction of sp³-hybridized carbons (Fsp3) is 0.455. The van der Waals surface area contributed by atoms with Crippen molar-refractivity contribution < 1.29 is 22.7 Å². The number of pyridine rings is 1. The minimum Gasteiger partial charge on any atom is -0.496 e. The molecule has 1 N–H and O–H groups in total. The summed E-state index contributed by atoms with van der Waals surface area (Å²) in [6, 6.07) is 11.0. The number of para-hydroxylation sites is 1. The van der Waals surface area contributed by atoms with E-state index in [9.17, 15) is 13.2 Å². The first-order chi connectivity index (χ1) is 14.9. The fourth-order valence-corrected chi connectivity index (χ4v) is 4.09. The average molecular weight is 448 g/mol.